The van der Waals surface area contributed by atoms with Gasteiger partial charge in [0.2, 0.25) is 11.8 Å². The van der Waals surface area contributed by atoms with Crippen LogP contribution in [0.3, 0.4) is 0 Å². The van der Waals surface area contributed by atoms with Crippen LogP contribution in [-0.2, 0) is 14.3 Å². The number of amides is 2. The van der Waals surface area contributed by atoms with Crippen molar-refractivity contribution in [2.75, 3.05) is 32.8 Å². The summed E-state index contributed by atoms with van der Waals surface area (Å²) in [5.41, 5.74) is 0.682. The Morgan fingerprint density at radius 3 is 2.46 bits per heavy atom. The fourth-order valence-corrected chi connectivity index (χ4v) is 3.63. The zero-order valence-electron chi connectivity index (χ0n) is 15.1. The monoisotopic (exact) mass is 358 g/mol. The lowest BCUT2D eigenvalue weighted by atomic mass is 10.1. The second kappa shape index (κ2) is 8.94. The number of likely N-dealkylation sites (tertiary alicyclic amines) is 1. The molecule has 140 valence electrons. The average Bonchev–Trinajstić information content (AvgIpc) is 3.18. The number of carbonyl (C=O) groups excluding carboxylic acids is 3. The van der Waals surface area contributed by atoms with E-state index in [1.54, 1.807) is 21.9 Å². The fraction of sp³-hybridized carbons (Fsp3) is 0.550. The Morgan fingerprint density at radius 2 is 1.73 bits per heavy atom. The van der Waals surface area contributed by atoms with Gasteiger partial charge in [-0.2, -0.15) is 0 Å². The summed E-state index contributed by atoms with van der Waals surface area (Å²) in [6.07, 6.45) is 2.76. The van der Waals surface area contributed by atoms with Gasteiger partial charge in [0.05, 0.1) is 13.2 Å². The molecule has 0 unspecified atom stereocenters. The predicted molar refractivity (Wildman–Crippen MR) is 96.8 cm³/mol. The molecule has 2 heterocycles. The smallest absolute Gasteiger partial charge is 0.245 e. The Bertz CT molecular complexity index is 640. The maximum absolute atomic E-state index is 12.7. The molecular formula is C20H26N2O4. The number of ketones is 1. The quantitative estimate of drug-likeness (QED) is 0.729. The summed E-state index contributed by atoms with van der Waals surface area (Å²) in [5, 5.41) is 0. The molecule has 1 aromatic rings. The molecule has 6 heteroatoms. The van der Waals surface area contributed by atoms with Crippen LogP contribution in [0.2, 0.25) is 0 Å². The van der Waals surface area contributed by atoms with Gasteiger partial charge in [-0.05, 0) is 19.3 Å². The molecule has 1 atom stereocenters. The lowest BCUT2D eigenvalue weighted by molar-refractivity contribution is -0.146. The molecule has 0 spiro atoms. The summed E-state index contributed by atoms with van der Waals surface area (Å²) < 4.78 is 5.29. The molecule has 2 amide bonds. The molecule has 0 N–H and O–H groups in total. The van der Waals surface area contributed by atoms with E-state index in [0.29, 0.717) is 57.7 Å². The molecule has 26 heavy (non-hydrogen) atoms. The lowest BCUT2D eigenvalue weighted by Gasteiger charge is -2.32. The SMILES string of the molecule is O=C(CCCC(=O)N1CCC[C@H]1C(=O)N1CCOCC1)c1ccccc1. The molecule has 2 fully saturated rings. The first-order valence-electron chi connectivity index (χ1n) is 9.41. The van der Waals surface area contributed by atoms with Crippen molar-refractivity contribution < 1.29 is 19.1 Å². The van der Waals surface area contributed by atoms with Gasteiger partial charge in [0.15, 0.2) is 5.78 Å². The molecule has 6 nitrogen and oxygen atoms in total. The van der Waals surface area contributed by atoms with E-state index in [4.69, 9.17) is 4.74 Å². The van der Waals surface area contributed by atoms with Crippen LogP contribution in [0.25, 0.3) is 0 Å². The van der Waals surface area contributed by atoms with Crippen LogP contribution in [0.5, 0.6) is 0 Å². The molecule has 1 aromatic carbocycles. The first-order valence-corrected chi connectivity index (χ1v) is 9.41. The third-order valence-corrected chi connectivity index (χ3v) is 5.07. The van der Waals surface area contributed by atoms with Crippen molar-refractivity contribution in [1.29, 1.82) is 0 Å². The maximum Gasteiger partial charge on any atom is 0.245 e. The summed E-state index contributed by atoms with van der Waals surface area (Å²) in [7, 11) is 0. The van der Waals surface area contributed by atoms with Crippen molar-refractivity contribution in [3.8, 4) is 0 Å². The average molecular weight is 358 g/mol. The molecule has 2 aliphatic rings. The third-order valence-electron chi connectivity index (χ3n) is 5.07. The number of hydrogen-bond acceptors (Lipinski definition) is 4. The Kier molecular flexibility index (Phi) is 6.39. The van der Waals surface area contributed by atoms with Gasteiger partial charge in [-0.3, -0.25) is 14.4 Å². The second-order valence-electron chi connectivity index (χ2n) is 6.83. The Balaban J connectivity index is 1.48. The minimum Gasteiger partial charge on any atom is -0.378 e. The molecule has 2 saturated heterocycles. The van der Waals surface area contributed by atoms with Crippen molar-refractivity contribution in [3.05, 3.63) is 35.9 Å². The Morgan fingerprint density at radius 1 is 1.00 bits per heavy atom. The number of ether oxygens (including phenoxy) is 1. The molecule has 0 radical (unpaired) electrons. The van der Waals surface area contributed by atoms with Gasteiger partial charge in [0.1, 0.15) is 6.04 Å². The van der Waals surface area contributed by atoms with Crippen molar-refractivity contribution in [2.45, 2.75) is 38.1 Å². The molecule has 0 aliphatic carbocycles. The first kappa shape index (κ1) is 18.6. The molecule has 2 aliphatic heterocycles. The van der Waals surface area contributed by atoms with E-state index in [9.17, 15) is 14.4 Å². The van der Waals surface area contributed by atoms with E-state index >= 15 is 0 Å². The number of morpholine rings is 1. The van der Waals surface area contributed by atoms with Gasteiger partial charge < -0.3 is 14.5 Å². The second-order valence-corrected chi connectivity index (χ2v) is 6.83. The van der Waals surface area contributed by atoms with E-state index in [1.165, 1.54) is 0 Å². The summed E-state index contributed by atoms with van der Waals surface area (Å²) in [5.74, 6) is 0.0789. The van der Waals surface area contributed by atoms with Crippen LogP contribution >= 0.6 is 0 Å². The van der Waals surface area contributed by atoms with E-state index in [-0.39, 0.29) is 23.6 Å². The Labute approximate surface area is 154 Å². The number of carbonyl (C=O) groups is 3. The van der Waals surface area contributed by atoms with Gasteiger partial charge in [-0.15, -0.1) is 0 Å². The molecule has 0 aromatic heterocycles. The topological polar surface area (TPSA) is 66.9 Å². The van der Waals surface area contributed by atoms with E-state index in [0.717, 1.165) is 12.8 Å². The number of nitrogens with zero attached hydrogens (tertiary/aromatic N) is 2. The summed E-state index contributed by atoms with van der Waals surface area (Å²) in [6.45, 7) is 2.96. The first-order chi connectivity index (χ1) is 12.7. The van der Waals surface area contributed by atoms with E-state index < -0.39 is 0 Å². The number of hydrogen-bond donors (Lipinski definition) is 0. The summed E-state index contributed by atoms with van der Waals surface area (Å²) >= 11 is 0. The standard InChI is InChI=1S/C20H26N2O4/c23-18(16-6-2-1-3-7-16)9-4-10-19(24)22-11-5-8-17(22)20(25)21-12-14-26-15-13-21/h1-3,6-7,17H,4-5,8-15H2/t17-/m0/s1. The van der Waals surface area contributed by atoms with E-state index in [2.05, 4.69) is 0 Å². The van der Waals surface area contributed by atoms with Gasteiger partial charge in [0, 0.05) is 38.0 Å². The highest BCUT2D eigenvalue weighted by Gasteiger charge is 2.36. The van der Waals surface area contributed by atoms with Crippen molar-refractivity contribution in [1.82, 2.24) is 9.80 Å². The minimum atomic E-state index is -0.342. The highest BCUT2D eigenvalue weighted by atomic mass is 16.5. The number of rotatable bonds is 6. The zero-order chi connectivity index (χ0) is 18.4. The maximum atomic E-state index is 12.7. The van der Waals surface area contributed by atoms with Gasteiger partial charge in [-0.25, -0.2) is 0 Å². The van der Waals surface area contributed by atoms with Gasteiger partial charge in [-0.1, -0.05) is 30.3 Å². The van der Waals surface area contributed by atoms with Crippen molar-refractivity contribution in [3.63, 3.8) is 0 Å². The molecule has 0 bridgehead atoms. The van der Waals surface area contributed by atoms with Gasteiger partial charge in [0.25, 0.3) is 0 Å². The predicted octanol–water partition coefficient (Wildman–Crippen LogP) is 1.89. The third kappa shape index (κ3) is 4.49. The zero-order valence-corrected chi connectivity index (χ0v) is 15.1. The number of benzene rings is 1. The van der Waals surface area contributed by atoms with Crippen LogP contribution in [-0.4, -0.2) is 66.3 Å². The lowest BCUT2D eigenvalue weighted by Crippen LogP contribution is -2.51. The summed E-state index contributed by atoms with van der Waals surface area (Å²) in [4.78, 5) is 40.9. The van der Waals surface area contributed by atoms with Crippen LogP contribution in [0, 0.1) is 0 Å². The van der Waals surface area contributed by atoms with Crippen molar-refractivity contribution in [2.24, 2.45) is 0 Å². The van der Waals surface area contributed by atoms with Crippen molar-refractivity contribution >= 4 is 17.6 Å². The molecule has 3 rings (SSSR count). The van der Waals surface area contributed by atoms with E-state index in [1.807, 2.05) is 18.2 Å². The van der Waals surface area contributed by atoms with Crippen LogP contribution in [0.15, 0.2) is 30.3 Å². The summed E-state index contributed by atoms with van der Waals surface area (Å²) in [6, 6.07) is 8.79. The Hall–Kier alpha value is -2.21. The van der Waals surface area contributed by atoms with Crippen LogP contribution < -0.4 is 0 Å². The van der Waals surface area contributed by atoms with Gasteiger partial charge >= 0.3 is 0 Å². The van der Waals surface area contributed by atoms with Crippen LogP contribution in [0.1, 0.15) is 42.5 Å². The normalized spacial score (nSPS) is 20.2. The molecular weight excluding hydrogens is 332 g/mol. The highest BCUT2D eigenvalue weighted by molar-refractivity contribution is 5.96. The van der Waals surface area contributed by atoms with Crippen LogP contribution in [0.4, 0.5) is 0 Å². The number of Topliss-reactive ketones (excluding diaryl/α,β-unsaturated/α-hetero) is 1. The minimum absolute atomic E-state index is 0.0185. The fourth-order valence-electron chi connectivity index (χ4n) is 3.63. The molecule has 0 saturated carbocycles. The largest absolute Gasteiger partial charge is 0.378 e. The highest BCUT2D eigenvalue weighted by Crippen LogP contribution is 2.22.